The van der Waals surface area contributed by atoms with Crippen LogP contribution in [0.1, 0.15) is 5.56 Å². The molecular weight excluding hydrogens is 360 g/mol. The standard InChI is InChI=1S/C20H18N4O2S/c1-14-6-5-9-16(12-14)26-10-11-27-20-22-18-17(19(25)23-20)13-21-24(18)15-7-3-2-4-8-15/h2-9,12-13H,10-11H2,1H3,(H,22,23,25). The van der Waals surface area contributed by atoms with Gasteiger partial charge >= 0.3 is 0 Å². The van der Waals surface area contributed by atoms with Gasteiger partial charge in [0.2, 0.25) is 0 Å². The highest BCUT2D eigenvalue weighted by Gasteiger charge is 2.11. The topological polar surface area (TPSA) is 72.8 Å². The molecule has 0 fully saturated rings. The molecule has 0 saturated carbocycles. The Kier molecular flexibility index (Phi) is 4.93. The van der Waals surface area contributed by atoms with Crippen LogP contribution in [0.2, 0.25) is 0 Å². The molecule has 0 spiro atoms. The summed E-state index contributed by atoms with van der Waals surface area (Å²) in [4.78, 5) is 19.7. The summed E-state index contributed by atoms with van der Waals surface area (Å²) in [5.41, 5.74) is 2.38. The molecule has 0 radical (unpaired) electrons. The van der Waals surface area contributed by atoms with Gasteiger partial charge in [-0.05, 0) is 36.8 Å². The number of hydrogen-bond acceptors (Lipinski definition) is 5. The Morgan fingerprint density at radius 1 is 1.15 bits per heavy atom. The summed E-state index contributed by atoms with van der Waals surface area (Å²) in [7, 11) is 0. The number of para-hydroxylation sites is 1. The number of aromatic nitrogens is 4. The highest BCUT2D eigenvalue weighted by molar-refractivity contribution is 7.99. The Morgan fingerprint density at radius 2 is 2.00 bits per heavy atom. The van der Waals surface area contributed by atoms with E-state index in [9.17, 15) is 4.79 Å². The molecule has 27 heavy (non-hydrogen) atoms. The van der Waals surface area contributed by atoms with Crippen molar-refractivity contribution in [1.29, 1.82) is 0 Å². The number of rotatable bonds is 6. The van der Waals surface area contributed by atoms with Gasteiger partial charge in [0, 0.05) is 5.75 Å². The zero-order chi connectivity index (χ0) is 18.6. The number of fused-ring (bicyclic) bond motifs is 1. The van der Waals surface area contributed by atoms with E-state index < -0.39 is 0 Å². The third-order valence-corrected chi connectivity index (χ3v) is 4.84. The summed E-state index contributed by atoms with van der Waals surface area (Å²) < 4.78 is 7.42. The molecule has 4 rings (SSSR count). The molecular formula is C20H18N4O2S. The molecule has 0 aliphatic heterocycles. The minimum Gasteiger partial charge on any atom is -0.493 e. The highest BCUT2D eigenvalue weighted by atomic mass is 32.2. The second kappa shape index (κ2) is 7.67. The van der Waals surface area contributed by atoms with Crippen LogP contribution in [0, 0.1) is 6.92 Å². The van der Waals surface area contributed by atoms with Gasteiger partial charge in [-0.3, -0.25) is 4.79 Å². The predicted octanol–water partition coefficient (Wildman–Crippen LogP) is 3.59. The van der Waals surface area contributed by atoms with Crippen molar-refractivity contribution in [3.63, 3.8) is 0 Å². The smallest absolute Gasteiger partial charge is 0.262 e. The average Bonchev–Trinajstić information content (AvgIpc) is 3.11. The van der Waals surface area contributed by atoms with Gasteiger partial charge in [0.05, 0.1) is 18.5 Å². The SMILES string of the molecule is Cc1cccc(OCCSc2nc3c(cnn3-c3ccccc3)c(=O)[nH]2)c1. The molecule has 0 amide bonds. The average molecular weight is 378 g/mol. The van der Waals surface area contributed by atoms with Gasteiger partial charge in [-0.2, -0.15) is 5.10 Å². The Balaban J connectivity index is 1.50. The minimum absolute atomic E-state index is 0.190. The maximum absolute atomic E-state index is 12.3. The molecule has 4 aromatic rings. The summed E-state index contributed by atoms with van der Waals surface area (Å²) in [5, 5.41) is 5.34. The summed E-state index contributed by atoms with van der Waals surface area (Å²) in [5.74, 6) is 1.51. The molecule has 1 N–H and O–H groups in total. The normalized spacial score (nSPS) is 11.0. The van der Waals surface area contributed by atoms with Gasteiger partial charge in [0.15, 0.2) is 10.8 Å². The first-order chi connectivity index (χ1) is 13.2. The molecule has 0 unspecified atom stereocenters. The van der Waals surface area contributed by atoms with Gasteiger partial charge < -0.3 is 9.72 Å². The van der Waals surface area contributed by atoms with E-state index in [1.165, 1.54) is 11.8 Å². The monoisotopic (exact) mass is 378 g/mol. The van der Waals surface area contributed by atoms with E-state index in [1.54, 1.807) is 10.9 Å². The van der Waals surface area contributed by atoms with Crippen LogP contribution in [0.5, 0.6) is 5.75 Å². The van der Waals surface area contributed by atoms with Crippen LogP contribution in [0.25, 0.3) is 16.7 Å². The predicted molar refractivity (Wildman–Crippen MR) is 107 cm³/mol. The number of nitrogens with one attached hydrogen (secondary N) is 1. The molecule has 136 valence electrons. The zero-order valence-corrected chi connectivity index (χ0v) is 15.6. The molecule has 0 saturated heterocycles. The van der Waals surface area contributed by atoms with Crippen molar-refractivity contribution in [2.45, 2.75) is 12.1 Å². The first-order valence-electron chi connectivity index (χ1n) is 8.56. The Hall–Kier alpha value is -3.06. The third kappa shape index (κ3) is 3.88. The van der Waals surface area contributed by atoms with E-state index in [4.69, 9.17) is 4.74 Å². The number of ether oxygens (including phenoxy) is 1. The number of aryl methyl sites for hydroxylation is 1. The first-order valence-corrected chi connectivity index (χ1v) is 9.55. The third-order valence-electron chi connectivity index (χ3n) is 4.00. The second-order valence-electron chi connectivity index (χ2n) is 6.01. The van der Waals surface area contributed by atoms with E-state index in [1.807, 2.05) is 61.5 Å². The van der Waals surface area contributed by atoms with Crippen LogP contribution in [-0.4, -0.2) is 32.1 Å². The van der Waals surface area contributed by atoms with Crippen molar-refractivity contribution in [2.24, 2.45) is 0 Å². The number of H-pyrrole nitrogens is 1. The lowest BCUT2D eigenvalue weighted by atomic mass is 10.2. The van der Waals surface area contributed by atoms with Crippen LogP contribution in [-0.2, 0) is 0 Å². The van der Waals surface area contributed by atoms with Crippen LogP contribution in [0.4, 0.5) is 0 Å². The van der Waals surface area contributed by atoms with Crippen LogP contribution < -0.4 is 10.3 Å². The van der Waals surface area contributed by atoms with Crippen molar-refractivity contribution in [3.05, 3.63) is 76.7 Å². The molecule has 2 aromatic carbocycles. The fraction of sp³-hybridized carbons (Fsp3) is 0.150. The quantitative estimate of drug-likeness (QED) is 0.315. The largest absolute Gasteiger partial charge is 0.493 e. The molecule has 2 aromatic heterocycles. The Labute approximate surface area is 160 Å². The summed E-state index contributed by atoms with van der Waals surface area (Å²) in [6.45, 7) is 2.55. The Bertz CT molecular complexity index is 1120. The zero-order valence-electron chi connectivity index (χ0n) is 14.8. The van der Waals surface area contributed by atoms with Crippen molar-refractivity contribution in [1.82, 2.24) is 19.7 Å². The van der Waals surface area contributed by atoms with E-state index >= 15 is 0 Å². The van der Waals surface area contributed by atoms with E-state index in [2.05, 4.69) is 15.1 Å². The van der Waals surface area contributed by atoms with E-state index in [0.717, 1.165) is 17.0 Å². The maximum atomic E-state index is 12.3. The minimum atomic E-state index is -0.190. The number of nitrogens with zero attached hydrogens (tertiary/aromatic N) is 3. The van der Waals surface area contributed by atoms with Crippen molar-refractivity contribution < 1.29 is 4.74 Å². The fourth-order valence-electron chi connectivity index (χ4n) is 2.73. The number of benzene rings is 2. The van der Waals surface area contributed by atoms with Gasteiger partial charge in [0.1, 0.15) is 11.1 Å². The first kappa shape index (κ1) is 17.4. The fourth-order valence-corrected chi connectivity index (χ4v) is 3.40. The van der Waals surface area contributed by atoms with Crippen molar-refractivity contribution in [2.75, 3.05) is 12.4 Å². The molecule has 0 bridgehead atoms. The number of aromatic amines is 1. The molecule has 2 heterocycles. The van der Waals surface area contributed by atoms with Crippen molar-refractivity contribution in [3.8, 4) is 11.4 Å². The highest BCUT2D eigenvalue weighted by Crippen LogP contribution is 2.18. The Morgan fingerprint density at radius 3 is 2.81 bits per heavy atom. The van der Waals surface area contributed by atoms with E-state index in [-0.39, 0.29) is 5.56 Å². The molecule has 0 atom stereocenters. The molecule has 0 aliphatic rings. The molecule has 7 heteroatoms. The summed E-state index contributed by atoms with van der Waals surface area (Å²) in [6, 6.07) is 17.6. The van der Waals surface area contributed by atoms with Crippen LogP contribution >= 0.6 is 11.8 Å². The van der Waals surface area contributed by atoms with Crippen LogP contribution in [0.3, 0.4) is 0 Å². The van der Waals surface area contributed by atoms with Gasteiger partial charge in [0.25, 0.3) is 5.56 Å². The summed E-state index contributed by atoms with van der Waals surface area (Å²) >= 11 is 1.45. The lowest BCUT2D eigenvalue weighted by Gasteiger charge is -2.07. The van der Waals surface area contributed by atoms with Gasteiger partial charge in [-0.25, -0.2) is 9.67 Å². The van der Waals surface area contributed by atoms with Gasteiger partial charge in [-0.15, -0.1) is 0 Å². The number of thioether (sulfide) groups is 1. The summed E-state index contributed by atoms with van der Waals surface area (Å²) in [6.07, 6.45) is 1.55. The molecule has 0 aliphatic carbocycles. The second-order valence-corrected chi connectivity index (χ2v) is 7.10. The van der Waals surface area contributed by atoms with E-state index in [0.29, 0.717) is 28.5 Å². The van der Waals surface area contributed by atoms with Crippen molar-refractivity contribution >= 4 is 22.8 Å². The maximum Gasteiger partial charge on any atom is 0.262 e. The lowest BCUT2D eigenvalue weighted by molar-refractivity contribution is 0.343. The van der Waals surface area contributed by atoms with Crippen LogP contribution in [0.15, 0.2) is 70.7 Å². The van der Waals surface area contributed by atoms with Gasteiger partial charge in [-0.1, -0.05) is 42.1 Å². The lowest BCUT2D eigenvalue weighted by Crippen LogP contribution is -2.10. The number of hydrogen-bond donors (Lipinski definition) is 1. The molecule has 6 nitrogen and oxygen atoms in total.